The predicted molar refractivity (Wildman–Crippen MR) is 151 cm³/mol. The summed E-state index contributed by atoms with van der Waals surface area (Å²) >= 11 is 1.20. The lowest BCUT2D eigenvalue weighted by molar-refractivity contribution is -0.0570. The van der Waals surface area contributed by atoms with Crippen molar-refractivity contribution >= 4 is 34.9 Å². The molecule has 5 rings (SSSR count). The van der Waals surface area contributed by atoms with Crippen molar-refractivity contribution in [3.8, 4) is 0 Å². The first kappa shape index (κ1) is 28.2. The molecule has 2 aromatic carbocycles. The molecule has 0 saturated carbocycles. The van der Waals surface area contributed by atoms with Crippen LogP contribution in [0.15, 0.2) is 63.3 Å². The van der Waals surface area contributed by atoms with Crippen molar-refractivity contribution in [2.24, 2.45) is 0 Å². The van der Waals surface area contributed by atoms with Gasteiger partial charge in [-0.25, -0.2) is 19.6 Å². The van der Waals surface area contributed by atoms with Crippen molar-refractivity contribution in [1.82, 2.24) is 19.5 Å². The molecule has 1 fully saturated rings. The Bertz CT molecular complexity index is 1730. The maximum Gasteiger partial charge on any atom is 0.338 e. The molecule has 1 aliphatic rings. The number of carbonyl (C=O) groups is 2. The van der Waals surface area contributed by atoms with Crippen LogP contribution in [-0.2, 0) is 14.2 Å². The molecule has 0 aliphatic carbocycles. The van der Waals surface area contributed by atoms with Gasteiger partial charge < -0.3 is 14.2 Å². The Balaban J connectivity index is 1.47. The SMILES string of the molecule is CSc1nc2c(nc(C)c(=O)n2[C@H]2C[C@H](OC(=O)c3ccc(C)cc3)[C@@H](COC(=O)c3ccc(C)cc3)O2)c(=O)[nH]1. The lowest BCUT2D eigenvalue weighted by Crippen LogP contribution is -2.32. The summed E-state index contributed by atoms with van der Waals surface area (Å²) in [4.78, 5) is 63.0. The molecule has 1 N–H and O–H groups in total. The van der Waals surface area contributed by atoms with Crippen molar-refractivity contribution < 1.29 is 23.8 Å². The summed E-state index contributed by atoms with van der Waals surface area (Å²) in [7, 11) is 0. The average molecular weight is 577 g/mol. The summed E-state index contributed by atoms with van der Waals surface area (Å²) in [6, 6.07) is 13.8. The zero-order valence-electron chi connectivity index (χ0n) is 22.9. The van der Waals surface area contributed by atoms with Crippen LogP contribution in [-0.4, -0.2) is 56.5 Å². The van der Waals surface area contributed by atoms with Gasteiger partial charge in [0, 0.05) is 6.42 Å². The van der Waals surface area contributed by atoms with Crippen molar-refractivity contribution in [3.05, 3.63) is 97.2 Å². The summed E-state index contributed by atoms with van der Waals surface area (Å²) < 4.78 is 18.8. The van der Waals surface area contributed by atoms with E-state index >= 15 is 0 Å². The maximum atomic E-state index is 13.3. The summed E-state index contributed by atoms with van der Waals surface area (Å²) in [5.74, 6) is -1.16. The molecule has 0 spiro atoms. The lowest BCUT2D eigenvalue weighted by atomic mass is 10.1. The number of nitrogens with one attached hydrogen (secondary N) is 1. The summed E-state index contributed by atoms with van der Waals surface area (Å²) in [5, 5.41) is 0.297. The maximum absolute atomic E-state index is 13.3. The molecule has 0 unspecified atom stereocenters. The molecule has 1 saturated heterocycles. The van der Waals surface area contributed by atoms with Crippen LogP contribution >= 0.6 is 11.8 Å². The van der Waals surface area contributed by atoms with Gasteiger partial charge in [0.2, 0.25) is 0 Å². The van der Waals surface area contributed by atoms with Crippen LogP contribution in [0.5, 0.6) is 0 Å². The van der Waals surface area contributed by atoms with Gasteiger partial charge in [-0.05, 0) is 51.3 Å². The minimum atomic E-state index is -0.977. The van der Waals surface area contributed by atoms with Crippen LogP contribution < -0.4 is 11.1 Å². The van der Waals surface area contributed by atoms with Crippen LogP contribution in [0, 0.1) is 20.8 Å². The molecule has 2 aromatic heterocycles. The highest BCUT2D eigenvalue weighted by Crippen LogP contribution is 2.32. The molecule has 0 radical (unpaired) electrons. The molecule has 1 aliphatic heterocycles. The number of aryl methyl sites for hydroxylation is 3. The minimum Gasteiger partial charge on any atom is -0.459 e. The number of aromatic amines is 1. The van der Waals surface area contributed by atoms with Crippen LogP contribution in [0.1, 0.15) is 50.2 Å². The first-order chi connectivity index (χ1) is 19.6. The molecule has 4 aromatic rings. The molecule has 0 amide bonds. The third-order valence-electron chi connectivity index (χ3n) is 6.76. The number of H-pyrrole nitrogens is 1. The number of hydrogen-bond donors (Lipinski definition) is 1. The molecule has 212 valence electrons. The zero-order chi connectivity index (χ0) is 29.3. The van der Waals surface area contributed by atoms with Gasteiger partial charge >= 0.3 is 11.9 Å². The topological polar surface area (TPSA) is 142 Å². The fourth-order valence-corrected chi connectivity index (χ4v) is 4.88. The van der Waals surface area contributed by atoms with E-state index in [4.69, 9.17) is 14.2 Å². The van der Waals surface area contributed by atoms with Gasteiger partial charge in [0.15, 0.2) is 16.3 Å². The summed E-state index contributed by atoms with van der Waals surface area (Å²) in [5.41, 5.74) is 1.77. The van der Waals surface area contributed by atoms with Crippen molar-refractivity contribution in [1.29, 1.82) is 0 Å². The Morgan fingerprint density at radius 3 is 2.20 bits per heavy atom. The highest BCUT2D eigenvalue weighted by Gasteiger charge is 2.41. The van der Waals surface area contributed by atoms with Gasteiger partial charge in [0.05, 0.1) is 11.1 Å². The second kappa shape index (κ2) is 11.7. The first-order valence-corrected chi connectivity index (χ1v) is 14.1. The van der Waals surface area contributed by atoms with Gasteiger partial charge in [0.1, 0.15) is 30.7 Å². The fourth-order valence-electron chi connectivity index (χ4n) is 4.51. The van der Waals surface area contributed by atoms with Crippen molar-refractivity contribution in [3.63, 3.8) is 0 Å². The number of nitrogens with zero attached hydrogens (tertiary/aromatic N) is 3. The Kier molecular flexibility index (Phi) is 8.04. The number of thioether (sulfide) groups is 1. The Hall–Kier alpha value is -4.29. The first-order valence-electron chi connectivity index (χ1n) is 12.9. The highest BCUT2D eigenvalue weighted by molar-refractivity contribution is 7.98. The number of hydrogen-bond acceptors (Lipinski definition) is 10. The number of ether oxygens (including phenoxy) is 3. The molecule has 12 heteroatoms. The second-order valence-electron chi connectivity index (χ2n) is 9.76. The average Bonchev–Trinajstić information content (AvgIpc) is 3.35. The van der Waals surface area contributed by atoms with E-state index in [2.05, 4.69) is 15.0 Å². The number of benzene rings is 2. The van der Waals surface area contributed by atoms with E-state index in [0.29, 0.717) is 16.3 Å². The Morgan fingerprint density at radius 1 is 0.976 bits per heavy atom. The van der Waals surface area contributed by atoms with E-state index < -0.39 is 41.5 Å². The molecular weight excluding hydrogens is 548 g/mol. The van der Waals surface area contributed by atoms with Crippen molar-refractivity contribution in [2.75, 3.05) is 12.9 Å². The summed E-state index contributed by atoms with van der Waals surface area (Å²) in [6.07, 6.45) is -0.974. The van der Waals surface area contributed by atoms with E-state index in [1.807, 2.05) is 13.8 Å². The fraction of sp³-hybridized carbons (Fsp3) is 0.310. The molecule has 3 atom stereocenters. The van der Waals surface area contributed by atoms with Crippen LogP contribution in [0.2, 0.25) is 0 Å². The molecule has 0 bridgehead atoms. The van der Waals surface area contributed by atoms with Gasteiger partial charge in [-0.1, -0.05) is 47.2 Å². The lowest BCUT2D eigenvalue weighted by Gasteiger charge is -2.19. The van der Waals surface area contributed by atoms with Gasteiger partial charge in [0.25, 0.3) is 11.1 Å². The molecule has 11 nitrogen and oxygen atoms in total. The van der Waals surface area contributed by atoms with E-state index in [9.17, 15) is 19.2 Å². The molecule has 41 heavy (non-hydrogen) atoms. The van der Waals surface area contributed by atoms with Gasteiger partial charge in [-0.3, -0.25) is 19.1 Å². The third kappa shape index (κ3) is 5.93. The van der Waals surface area contributed by atoms with E-state index in [1.165, 1.54) is 23.3 Å². The van der Waals surface area contributed by atoms with Crippen LogP contribution in [0.3, 0.4) is 0 Å². The van der Waals surface area contributed by atoms with Crippen LogP contribution in [0.25, 0.3) is 11.2 Å². The normalized spacial score (nSPS) is 18.4. The molecular formula is C29H28N4O7S. The second-order valence-corrected chi connectivity index (χ2v) is 10.6. The third-order valence-corrected chi connectivity index (χ3v) is 7.34. The van der Waals surface area contributed by atoms with Gasteiger partial charge in [-0.15, -0.1) is 0 Å². The molecule has 3 heterocycles. The van der Waals surface area contributed by atoms with Gasteiger partial charge in [-0.2, -0.15) is 0 Å². The highest BCUT2D eigenvalue weighted by atomic mass is 32.2. The number of fused-ring (bicyclic) bond motifs is 1. The number of aromatic nitrogens is 4. The zero-order valence-corrected chi connectivity index (χ0v) is 23.7. The van der Waals surface area contributed by atoms with Crippen molar-refractivity contribution in [2.45, 2.75) is 50.8 Å². The number of rotatable bonds is 7. The Morgan fingerprint density at radius 2 is 1.59 bits per heavy atom. The minimum absolute atomic E-state index is 0.0223. The monoisotopic (exact) mass is 576 g/mol. The number of esters is 2. The smallest absolute Gasteiger partial charge is 0.338 e. The number of carbonyl (C=O) groups excluding carboxylic acids is 2. The predicted octanol–water partition coefficient (Wildman–Crippen LogP) is 3.50. The standard InChI is InChI=1S/C29H28N4O7S/c1-15-5-9-18(10-6-15)27(36)38-14-21-20(40-28(37)19-11-7-16(2)8-12-19)13-22(39-21)33-24-23(30-17(3)26(33)35)25(34)32-29(31-24)41-4/h5-12,20-22H,13-14H2,1-4H3,(H,31,32,34)/t20-,21+,22+/m0/s1. The van der Waals surface area contributed by atoms with E-state index in [1.54, 1.807) is 54.8 Å². The quantitative estimate of drug-likeness (QED) is 0.197. The van der Waals surface area contributed by atoms with Crippen LogP contribution in [0.4, 0.5) is 0 Å². The largest absolute Gasteiger partial charge is 0.459 e. The van der Waals surface area contributed by atoms with E-state index in [0.717, 1.165) is 11.1 Å². The Labute approximate surface area is 238 Å². The van der Waals surface area contributed by atoms with E-state index in [-0.39, 0.29) is 29.9 Å². The summed E-state index contributed by atoms with van der Waals surface area (Å²) in [6.45, 7) is 5.07.